The third kappa shape index (κ3) is 6.22. The highest BCUT2D eigenvalue weighted by molar-refractivity contribution is 6.34. The van der Waals surface area contributed by atoms with E-state index < -0.39 is 11.9 Å². The molecule has 1 atom stereocenters. The molecule has 6 rings (SSSR count). The minimum atomic E-state index is -4.75. The lowest BCUT2D eigenvalue weighted by Gasteiger charge is -2.35. The van der Waals surface area contributed by atoms with Crippen molar-refractivity contribution in [3.05, 3.63) is 59.3 Å². The summed E-state index contributed by atoms with van der Waals surface area (Å²) in [7, 11) is 0. The average molecular weight is 642 g/mol. The van der Waals surface area contributed by atoms with Gasteiger partial charge in [0, 0.05) is 63.0 Å². The average Bonchev–Trinajstić information content (AvgIpc) is 3.78. The number of nitriles is 1. The summed E-state index contributed by atoms with van der Waals surface area (Å²) in [6.45, 7) is 2.82. The largest absolute Gasteiger partial charge is 0.435 e. The van der Waals surface area contributed by atoms with Crippen LogP contribution in [0.25, 0.3) is 16.9 Å². The van der Waals surface area contributed by atoms with Crippen LogP contribution >= 0.6 is 11.6 Å². The number of carbonyl (C=O) groups excluding carboxylic acids is 2. The molecule has 3 N–H and O–H groups in total. The number of fused-ring (bicyclic) bond motifs is 1. The first-order valence-corrected chi connectivity index (χ1v) is 14.5. The molecule has 2 saturated heterocycles. The number of nitrogens with one attached hydrogen (secondary N) is 3. The first-order chi connectivity index (χ1) is 21.6. The van der Waals surface area contributed by atoms with E-state index in [4.69, 9.17) is 16.9 Å². The topological polar surface area (TPSA) is 149 Å². The third-order valence-electron chi connectivity index (χ3n) is 7.67. The lowest BCUT2D eigenvalue weighted by atomic mass is 10.1. The van der Waals surface area contributed by atoms with Gasteiger partial charge in [0.25, 0.3) is 5.91 Å². The first kappa shape index (κ1) is 30.2. The van der Waals surface area contributed by atoms with E-state index in [0.29, 0.717) is 37.4 Å². The molecule has 2 aliphatic rings. The number of amides is 3. The Balaban J connectivity index is 1.16. The van der Waals surface area contributed by atoms with Gasteiger partial charge in [0.1, 0.15) is 6.54 Å². The molecule has 3 amide bonds. The van der Waals surface area contributed by atoms with Crippen molar-refractivity contribution in [3.63, 3.8) is 0 Å². The normalized spacial score (nSPS) is 17.0. The molecule has 0 saturated carbocycles. The second kappa shape index (κ2) is 12.3. The minimum absolute atomic E-state index is 0.110. The summed E-state index contributed by atoms with van der Waals surface area (Å²) < 4.78 is 43.6. The van der Waals surface area contributed by atoms with Crippen LogP contribution in [0.4, 0.5) is 29.5 Å². The number of urea groups is 1. The summed E-state index contributed by atoms with van der Waals surface area (Å²) in [5.74, 6) is -0.0261. The fourth-order valence-corrected chi connectivity index (χ4v) is 5.67. The number of hydrogen-bond donors (Lipinski definition) is 3. The van der Waals surface area contributed by atoms with Gasteiger partial charge in [-0.15, -0.1) is 0 Å². The highest BCUT2D eigenvalue weighted by Crippen LogP contribution is 2.37. The molecule has 0 aliphatic carbocycles. The van der Waals surface area contributed by atoms with Crippen molar-refractivity contribution in [2.24, 2.45) is 0 Å². The lowest BCUT2D eigenvalue weighted by Crippen LogP contribution is -2.54. The third-order valence-corrected chi connectivity index (χ3v) is 7.98. The Morgan fingerprint density at radius 1 is 1.16 bits per heavy atom. The predicted molar refractivity (Wildman–Crippen MR) is 157 cm³/mol. The van der Waals surface area contributed by atoms with Gasteiger partial charge in [-0.25, -0.2) is 14.8 Å². The molecule has 3 aromatic heterocycles. The van der Waals surface area contributed by atoms with E-state index in [0.717, 1.165) is 30.4 Å². The molecule has 234 valence electrons. The van der Waals surface area contributed by atoms with Gasteiger partial charge in [0.05, 0.1) is 34.1 Å². The number of carbonyl (C=O) groups is 2. The summed E-state index contributed by atoms with van der Waals surface area (Å²) in [4.78, 5) is 37.8. The van der Waals surface area contributed by atoms with Gasteiger partial charge in [0.15, 0.2) is 17.2 Å². The maximum Gasteiger partial charge on any atom is 0.435 e. The van der Waals surface area contributed by atoms with Gasteiger partial charge >= 0.3 is 12.2 Å². The number of alkyl halides is 3. The van der Waals surface area contributed by atoms with E-state index in [1.807, 2.05) is 0 Å². The smallest absolute Gasteiger partial charge is 0.337 e. The highest BCUT2D eigenvalue weighted by Gasteiger charge is 2.38. The summed E-state index contributed by atoms with van der Waals surface area (Å²) in [5.41, 5.74) is -0.261. The lowest BCUT2D eigenvalue weighted by molar-refractivity contribution is -0.141. The number of aromatic nitrogens is 5. The number of anilines is 2. The molecule has 5 heterocycles. The molecule has 0 unspecified atom stereocenters. The number of rotatable bonds is 6. The van der Waals surface area contributed by atoms with Crippen LogP contribution in [-0.4, -0.2) is 91.2 Å². The zero-order chi connectivity index (χ0) is 31.7. The number of piperazine rings is 1. The van der Waals surface area contributed by atoms with Gasteiger partial charge in [-0.05, 0) is 31.2 Å². The van der Waals surface area contributed by atoms with Crippen molar-refractivity contribution in [1.29, 1.82) is 5.26 Å². The molecular formula is C28H27ClF3N11O2. The van der Waals surface area contributed by atoms with Crippen molar-refractivity contribution in [2.45, 2.75) is 25.2 Å². The SMILES string of the molecule is N#CCn1cc(-c2cnc3c(Nc4ccc(C(=O)N5CCN(C(=O)N[C@@H]6CCNC6)CC5)c(Cl)c4)nccn23)c(C(F)(F)F)n1. The zero-order valence-electron chi connectivity index (χ0n) is 23.7. The fraction of sp³-hybridized carbons (Fsp3) is 0.357. The van der Waals surface area contributed by atoms with Crippen LogP contribution in [0.5, 0.6) is 0 Å². The van der Waals surface area contributed by atoms with Gasteiger partial charge in [-0.2, -0.15) is 23.5 Å². The van der Waals surface area contributed by atoms with E-state index in [-0.39, 0.29) is 52.3 Å². The molecule has 2 aliphatic heterocycles. The fourth-order valence-electron chi connectivity index (χ4n) is 5.41. The molecule has 13 nitrogen and oxygen atoms in total. The molecule has 0 bridgehead atoms. The van der Waals surface area contributed by atoms with Crippen molar-refractivity contribution in [3.8, 4) is 17.3 Å². The number of benzene rings is 1. The van der Waals surface area contributed by atoms with Crippen molar-refractivity contribution >= 4 is 40.7 Å². The Bertz CT molecular complexity index is 1780. The highest BCUT2D eigenvalue weighted by atomic mass is 35.5. The van der Waals surface area contributed by atoms with Gasteiger partial charge in [-0.3, -0.25) is 13.9 Å². The van der Waals surface area contributed by atoms with Gasteiger partial charge in [0.2, 0.25) is 0 Å². The van der Waals surface area contributed by atoms with Crippen LogP contribution in [-0.2, 0) is 12.7 Å². The van der Waals surface area contributed by atoms with E-state index >= 15 is 0 Å². The van der Waals surface area contributed by atoms with Crippen LogP contribution < -0.4 is 16.0 Å². The predicted octanol–water partition coefficient (Wildman–Crippen LogP) is 3.36. The molecular weight excluding hydrogens is 615 g/mol. The Morgan fingerprint density at radius 2 is 1.93 bits per heavy atom. The molecule has 1 aromatic carbocycles. The summed E-state index contributed by atoms with van der Waals surface area (Å²) in [6, 6.07) is 6.54. The number of imidazole rings is 1. The molecule has 0 spiro atoms. The quantitative estimate of drug-likeness (QED) is 0.290. The molecule has 17 heteroatoms. The summed E-state index contributed by atoms with van der Waals surface area (Å²) >= 11 is 6.53. The Hall–Kier alpha value is -4.88. The maximum absolute atomic E-state index is 13.8. The van der Waals surface area contributed by atoms with Crippen LogP contribution in [0, 0.1) is 11.3 Å². The van der Waals surface area contributed by atoms with Crippen LogP contribution in [0.15, 0.2) is 43.0 Å². The maximum atomic E-state index is 13.8. The monoisotopic (exact) mass is 641 g/mol. The molecule has 0 radical (unpaired) electrons. The summed E-state index contributed by atoms with van der Waals surface area (Å²) in [6.07, 6.45) is 1.43. The van der Waals surface area contributed by atoms with Crippen molar-refractivity contribution in [2.75, 3.05) is 44.6 Å². The second-order valence-corrected chi connectivity index (χ2v) is 11.0. The number of nitrogens with zero attached hydrogens (tertiary/aromatic N) is 8. The van der Waals surface area contributed by atoms with Gasteiger partial charge < -0.3 is 25.8 Å². The van der Waals surface area contributed by atoms with Crippen LogP contribution in [0.2, 0.25) is 5.02 Å². The van der Waals surface area contributed by atoms with Gasteiger partial charge in [-0.1, -0.05) is 11.6 Å². The first-order valence-electron chi connectivity index (χ1n) is 14.1. The Labute approximate surface area is 259 Å². The van der Waals surface area contributed by atoms with Crippen LogP contribution in [0.1, 0.15) is 22.5 Å². The van der Waals surface area contributed by atoms with Crippen molar-refractivity contribution in [1.82, 2.24) is 44.6 Å². The molecule has 4 aromatic rings. The second-order valence-electron chi connectivity index (χ2n) is 10.6. The standard InChI is InChI=1S/C28H27ClF3N11O2/c29-21-13-17(1-2-19(21)26(44)40-9-11-41(12-10-40)27(45)38-18-3-5-34-14-18)37-24-25-36-15-22(43(25)8-6-35-24)20-16-42(7-4-33)39-23(20)28(30,31)32/h1-2,6,8,13,15-16,18,34H,3,5,7,9-12,14H2,(H,35,37)(H,38,45)/t18-/m1/s1. The van der Waals surface area contributed by atoms with Crippen molar-refractivity contribution < 1.29 is 22.8 Å². The van der Waals surface area contributed by atoms with E-state index in [9.17, 15) is 22.8 Å². The van der Waals surface area contributed by atoms with Crippen LogP contribution in [0.3, 0.4) is 0 Å². The zero-order valence-corrected chi connectivity index (χ0v) is 24.4. The van der Waals surface area contributed by atoms with E-state index in [1.165, 1.54) is 23.0 Å². The Morgan fingerprint density at radius 3 is 2.62 bits per heavy atom. The number of hydrogen-bond acceptors (Lipinski definition) is 8. The summed E-state index contributed by atoms with van der Waals surface area (Å²) in [5, 5.41) is 22.0. The Kier molecular flexibility index (Phi) is 8.21. The molecule has 2 fully saturated rings. The number of halogens is 4. The van der Waals surface area contributed by atoms with E-state index in [1.54, 1.807) is 34.1 Å². The minimum Gasteiger partial charge on any atom is -0.337 e. The molecule has 45 heavy (non-hydrogen) atoms. The van der Waals surface area contributed by atoms with E-state index in [2.05, 4.69) is 31.0 Å².